The van der Waals surface area contributed by atoms with E-state index in [1.54, 1.807) is 0 Å². The number of methoxy groups -OCH3 is 1. The number of nitro groups is 1. The van der Waals surface area contributed by atoms with E-state index in [-0.39, 0.29) is 12.8 Å². The van der Waals surface area contributed by atoms with Crippen LogP contribution in [0.4, 0.5) is 11.4 Å². The number of benzene rings is 1. The quantitative estimate of drug-likeness (QED) is 0.331. The number of phenolic OH excluding ortho intramolecular Hbond substituents is 1. The molecule has 0 saturated heterocycles. The highest BCUT2D eigenvalue weighted by Gasteiger charge is 2.22. The second-order valence-electron chi connectivity index (χ2n) is 4.03. The summed E-state index contributed by atoms with van der Waals surface area (Å²) in [6.45, 7) is 0. The van der Waals surface area contributed by atoms with Crippen LogP contribution in [0.15, 0.2) is 18.2 Å². The lowest BCUT2D eigenvalue weighted by Crippen LogP contribution is -2.18. The van der Waals surface area contributed by atoms with Crippen molar-refractivity contribution in [3.05, 3.63) is 28.3 Å². The zero-order chi connectivity index (χ0) is 16.0. The Bertz CT molecular complexity index is 642. The molecule has 1 aromatic carbocycles. The van der Waals surface area contributed by atoms with Crippen molar-refractivity contribution in [3.8, 4) is 5.75 Å². The van der Waals surface area contributed by atoms with E-state index >= 15 is 0 Å². The second-order valence-corrected chi connectivity index (χ2v) is 5.87. The van der Waals surface area contributed by atoms with Gasteiger partial charge in [-0.25, -0.2) is 8.42 Å². The van der Waals surface area contributed by atoms with Gasteiger partial charge >= 0.3 is 5.97 Å². The Morgan fingerprint density at radius 2 is 2.14 bits per heavy atom. The molecule has 0 radical (unpaired) electrons. The molecule has 2 N–H and O–H groups in total. The van der Waals surface area contributed by atoms with Gasteiger partial charge in [0.15, 0.2) is 5.69 Å². The van der Waals surface area contributed by atoms with Crippen LogP contribution in [0, 0.1) is 10.1 Å². The Morgan fingerprint density at radius 1 is 1.48 bits per heavy atom. The van der Waals surface area contributed by atoms with E-state index in [2.05, 4.69) is 4.74 Å². The largest absolute Gasteiger partial charge is 0.505 e. The number of anilines is 1. The third-order valence-electron chi connectivity index (χ3n) is 2.50. The van der Waals surface area contributed by atoms with Gasteiger partial charge in [-0.15, -0.1) is 0 Å². The number of nitrogens with zero attached hydrogens (tertiary/aromatic N) is 1. The molecule has 1 rings (SSSR count). The number of ether oxygens (including phenoxy) is 1. The Balaban J connectivity index is 2.85. The summed E-state index contributed by atoms with van der Waals surface area (Å²) >= 11 is 0. The van der Waals surface area contributed by atoms with Gasteiger partial charge in [-0.05, 0) is 12.5 Å². The first-order valence-corrected chi connectivity index (χ1v) is 7.45. The van der Waals surface area contributed by atoms with Crippen LogP contribution in [0.5, 0.6) is 5.75 Å². The van der Waals surface area contributed by atoms with Crippen molar-refractivity contribution in [1.29, 1.82) is 0 Å². The predicted octanol–water partition coefficient (Wildman–Crippen LogP) is 0.995. The third-order valence-corrected chi connectivity index (χ3v) is 3.84. The van der Waals surface area contributed by atoms with Gasteiger partial charge in [-0.2, -0.15) is 0 Å². The number of aromatic hydroxyl groups is 1. The lowest BCUT2D eigenvalue weighted by atomic mass is 10.2. The summed E-state index contributed by atoms with van der Waals surface area (Å²) in [6, 6.07) is 3.41. The molecule has 0 aliphatic rings. The molecule has 0 aromatic heterocycles. The Labute approximate surface area is 120 Å². The van der Waals surface area contributed by atoms with Gasteiger partial charge < -0.3 is 9.84 Å². The average molecular weight is 318 g/mol. The number of esters is 1. The molecule has 0 aliphatic carbocycles. The molecule has 0 atom stereocenters. The molecule has 0 aliphatic heterocycles. The van der Waals surface area contributed by atoms with Crippen LogP contribution in [-0.4, -0.2) is 37.3 Å². The number of hydrogen-bond acceptors (Lipinski definition) is 7. The lowest BCUT2D eigenvalue weighted by molar-refractivity contribution is -0.383. The molecule has 116 valence electrons. The van der Waals surface area contributed by atoms with Crippen LogP contribution in [0.2, 0.25) is 0 Å². The fourth-order valence-electron chi connectivity index (χ4n) is 1.50. The molecule has 0 saturated carbocycles. The van der Waals surface area contributed by atoms with Crippen molar-refractivity contribution in [2.45, 2.75) is 12.8 Å². The standard InChI is InChI=1S/C11H14N2O7S/c1-20-10(15)6-3-7-21(18,19)12-11-8(13(16)17)4-2-5-9(11)14/h2,4-5,12,14H,3,6-7H2,1H3. The zero-order valence-electron chi connectivity index (χ0n) is 11.1. The van der Waals surface area contributed by atoms with Crippen molar-refractivity contribution in [1.82, 2.24) is 0 Å². The lowest BCUT2D eigenvalue weighted by Gasteiger charge is -2.09. The first-order chi connectivity index (χ1) is 9.76. The SMILES string of the molecule is COC(=O)CCCS(=O)(=O)Nc1c(O)cccc1[N+](=O)[O-]. The van der Waals surface area contributed by atoms with E-state index in [9.17, 15) is 28.4 Å². The first-order valence-electron chi connectivity index (χ1n) is 5.80. The zero-order valence-corrected chi connectivity index (χ0v) is 11.9. The number of para-hydroxylation sites is 1. The summed E-state index contributed by atoms with van der Waals surface area (Å²) in [5.74, 6) is -1.55. The van der Waals surface area contributed by atoms with E-state index in [1.165, 1.54) is 13.2 Å². The second kappa shape index (κ2) is 6.88. The van der Waals surface area contributed by atoms with Crippen molar-refractivity contribution in [2.75, 3.05) is 17.6 Å². The number of carbonyl (C=O) groups is 1. The van der Waals surface area contributed by atoms with E-state index < -0.39 is 43.8 Å². The van der Waals surface area contributed by atoms with Crippen LogP contribution in [-0.2, 0) is 19.6 Å². The van der Waals surface area contributed by atoms with E-state index in [0.29, 0.717) is 0 Å². The van der Waals surface area contributed by atoms with Gasteiger partial charge in [0.1, 0.15) is 5.75 Å². The number of carbonyl (C=O) groups excluding carboxylic acids is 1. The molecule has 10 heteroatoms. The van der Waals surface area contributed by atoms with Gasteiger partial charge in [0.2, 0.25) is 10.0 Å². The third kappa shape index (κ3) is 4.91. The highest BCUT2D eigenvalue weighted by molar-refractivity contribution is 7.92. The summed E-state index contributed by atoms with van der Waals surface area (Å²) in [5, 5.41) is 20.4. The predicted molar refractivity (Wildman–Crippen MR) is 73.4 cm³/mol. The Kier molecular flexibility index (Phi) is 5.47. The summed E-state index contributed by atoms with van der Waals surface area (Å²) in [6.07, 6.45) is -0.107. The molecule has 0 bridgehead atoms. The Morgan fingerprint density at radius 3 is 2.71 bits per heavy atom. The molecule has 21 heavy (non-hydrogen) atoms. The highest BCUT2D eigenvalue weighted by atomic mass is 32.2. The minimum absolute atomic E-state index is 0.0105. The number of nitrogens with one attached hydrogen (secondary N) is 1. The molecule has 0 heterocycles. The van der Waals surface area contributed by atoms with Gasteiger partial charge in [-0.1, -0.05) is 6.07 Å². The van der Waals surface area contributed by atoms with Crippen LogP contribution < -0.4 is 4.72 Å². The summed E-state index contributed by atoms with van der Waals surface area (Å²) in [5.41, 5.74) is -1.06. The monoisotopic (exact) mass is 318 g/mol. The van der Waals surface area contributed by atoms with Crippen molar-refractivity contribution >= 4 is 27.4 Å². The van der Waals surface area contributed by atoms with Gasteiger partial charge in [0.05, 0.1) is 17.8 Å². The molecule has 0 fully saturated rings. The number of phenols is 1. The molecule has 0 unspecified atom stereocenters. The maximum absolute atomic E-state index is 11.8. The van der Waals surface area contributed by atoms with Crippen LogP contribution in [0.1, 0.15) is 12.8 Å². The average Bonchev–Trinajstić information content (AvgIpc) is 2.40. The minimum Gasteiger partial charge on any atom is -0.505 e. The molecule has 9 nitrogen and oxygen atoms in total. The van der Waals surface area contributed by atoms with Crippen molar-refractivity contribution < 1.29 is 28.0 Å². The first kappa shape index (κ1) is 16.7. The molecular formula is C11H14N2O7S. The van der Waals surface area contributed by atoms with E-state index in [1.807, 2.05) is 4.72 Å². The number of hydrogen-bond donors (Lipinski definition) is 2. The van der Waals surface area contributed by atoms with Crippen LogP contribution in [0.3, 0.4) is 0 Å². The minimum atomic E-state index is -3.94. The van der Waals surface area contributed by atoms with Crippen molar-refractivity contribution in [3.63, 3.8) is 0 Å². The highest BCUT2D eigenvalue weighted by Crippen LogP contribution is 2.33. The smallest absolute Gasteiger partial charge is 0.305 e. The topological polar surface area (TPSA) is 136 Å². The molecule has 0 amide bonds. The summed E-state index contributed by atoms with van der Waals surface area (Å²) in [4.78, 5) is 20.9. The normalized spacial score (nSPS) is 10.9. The van der Waals surface area contributed by atoms with Gasteiger partial charge in [-0.3, -0.25) is 19.6 Å². The maximum Gasteiger partial charge on any atom is 0.305 e. The molecule has 0 spiro atoms. The van der Waals surface area contributed by atoms with E-state index in [0.717, 1.165) is 12.1 Å². The van der Waals surface area contributed by atoms with Gasteiger partial charge in [0.25, 0.3) is 5.69 Å². The Hall–Kier alpha value is -2.36. The van der Waals surface area contributed by atoms with Crippen molar-refractivity contribution in [2.24, 2.45) is 0 Å². The number of rotatable bonds is 7. The van der Waals surface area contributed by atoms with Crippen LogP contribution >= 0.6 is 0 Å². The maximum atomic E-state index is 11.8. The summed E-state index contributed by atoms with van der Waals surface area (Å²) in [7, 11) is -2.76. The molecular weight excluding hydrogens is 304 g/mol. The fourth-order valence-corrected chi connectivity index (χ4v) is 2.65. The van der Waals surface area contributed by atoms with Gasteiger partial charge in [0, 0.05) is 12.5 Å². The molecule has 1 aromatic rings. The van der Waals surface area contributed by atoms with Crippen LogP contribution in [0.25, 0.3) is 0 Å². The number of nitro benzene ring substituents is 1. The number of sulfonamides is 1. The van der Waals surface area contributed by atoms with E-state index in [4.69, 9.17) is 0 Å². The summed E-state index contributed by atoms with van der Waals surface area (Å²) < 4.78 is 29.9. The fraction of sp³-hybridized carbons (Fsp3) is 0.364.